The van der Waals surface area contributed by atoms with Crippen LogP contribution < -0.4 is 47.9 Å². The second-order valence-electron chi connectivity index (χ2n) is 17.1. The minimum atomic E-state index is -1.79. The van der Waals surface area contributed by atoms with Crippen molar-refractivity contribution in [3.05, 3.63) is 18.2 Å². The number of imidazole rings is 1. The molecule has 1 fully saturated rings. The number of amides is 8. The topological polar surface area (TPSA) is 426 Å². The molecule has 8 amide bonds. The van der Waals surface area contributed by atoms with Crippen molar-refractivity contribution < 1.29 is 78.3 Å². The summed E-state index contributed by atoms with van der Waals surface area (Å²) in [5.41, 5.74) is 0.296. The Bertz CT molecular complexity index is 1960. The van der Waals surface area contributed by atoms with E-state index in [9.17, 15) is 78.3 Å². The second kappa shape index (κ2) is 28.6. The van der Waals surface area contributed by atoms with E-state index in [2.05, 4.69) is 57.8 Å². The van der Waals surface area contributed by atoms with Crippen molar-refractivity contribution in [1.29, 1.82) is 0 Å². The number of aromatic amines is 1. The predicted molar refractivity (Wildman–Crippen MR) is 239 cm³/mol. The molecule has 0 unspecified atom stereocenters. The number of carboxylic acid groups (broad SMARTS) is 3. The van der Waals surface area contributed by atoms with E-state index in [0.29, 0.717) is 31.5 Å². The number of carboxylic acids is 3. The molecule has 2 heterocycles. The van der Waals surface area contributed by atoms with Gasteiger partial charge in [0.15, 0.2) is 0 Å². The lowest BCUT2D eigenvalue weighted by atomic mass is 9.98. The van der Waals surface area contributed by atoms with Crippen LogP contribution in [-0.2, 0) is 59.2 Å². The zero-order chi connectivity index (χ0) is 52.1. The van der Waals surface area contributed by atoms with Crippen LogP contribution >= 0.6 is 0 Å². The summed E-state index contributed by atoms with van der Waals surface area (Å²) in [5, 5.41) is 70.5. The van der Waals surface area contributed by atoms with Gasteiger partial charge >= 0.3 is 17.9 Å². The van der Waals surface area contributed by atoms with E-state index in [4.69, 9.17) is 0 Å². The number of rotatable bonds is 30. The Morgan fingerprint density at radius 3 is 1.64 bits per heavy atom. The molecule has 0 aromatic carbocycles. The average molecular weight is 982 g/mol. The second-order valence-corrected chi connectivity index (χ2v) is 17.1. The van der Waals surface area contributed by atoms with Crippen LogP contribution in [0.3, 0.4) is 0 Å². The third kappa shape index (κ3) is 19.4. The van der Waals surface area contributed by atoms with E-state index in [0.717, 1.165) is 0 Å². The summed E-state index contributed by atoms with van der Waals surface area (Å²) in [4.78, 5) is 149. The SMILES string of the molecule is CC[C@H](C)[C@H](NC(=O)[C@H](CCC(=O)O)NC(=O)[C@H](C)NC(=O)[C@@H](NC(=O)[C@H](Cc1cnc[nH]1)NC(=O)[C@H](CCC(=O)O)NC(=O)[C@H](CO)NC(=O)[C@@H](NC(=O)[C@@H]1CCCN1)[C@@H](C)O)C(C)C)C(=O)O. The summed E-state index contributed by atoms with van der Waals surface area (Å²) < 4.78 is 0. The first-order chi connectivity index (χ1) is 32.4. The minimum absolute atomic E-state index is 0.296. The van der Waals surface area contributed by atoms with Crippen LogP contribution in [0.5, 0.6) is 0 Å². The molecular weight excluding hydrogens is 915 g/mol. The van der Waals surface area contributed by atoms with Gasteiger partial charge in [0.25, 0.3) is 0 Å². The highest BCUT2D eigenvalue weighted by molar-refractivity contribution is 5.98. The highest BCUT2D eigenvalue weighted by Crippen LogP contribution is 2.12. The molecule has 27 heteroatoms. The predicted octanol–water partition coefficient (Wildman–Crippen LogP) is -4.51. The van der Waals surface area contributed by atoms with Gasteiger partial charge in [-0.1, -0.05) is 34.1 Å². The lowest BCUT2D eigenvalue weighted by Crippen LogP contribution is -2.62. The molecule has 11 atom stereocenters. The number of nitrogens with zero attached hydrogens (tertiary/aromatic N) is 1. The zero-order valence-corrected chi connectivity index (χ0v) is 39.3. The van der Waals surface area contributed by atoms with Gasteiger partial charge in [-0.05, 0) is 57.9 Å². The van der Waals surface area contributed by atoms with E-state index in [1.165, 1.54) is 40.2 Å². The largest absolute Gasteiger partial charge is 0.481 e. The molecule has 2 rings (SSSR count). The van der Waals surface area contributed by atoms with Gasteiger partial charge in [-0.3, -0.25) is 47.9 Å². The molecule has 0 spiro atoms. The molecule has 1 saturated heterocycles. The van der Waals surface area contributed by atoms with Gasteiger partial charge in [-0.2, -0.15) is 0 Å². The number of carbonyl (C=O) groups is 11. The third-order valence-corrected chi connectivity index (χ3v) is 11.2. The van der Waals surface area contributed by atoms with E-state index in [-0.39, 0.29) is 6.42 Å². The van der Waals surface area contributed by atoms with E-state index < -0.39 is 170 Å². The van der Waals surface area contributed by atoms with Crippen LogP contribution in [0.25, 0.3) is 0 Å². The summed E-state index contributed by atoms with van der Waals surface area (Å²) in [6, 6.07) is -13.0. The zero-order valence-electron chi connectivity index (χ0n) is 39.3. The van der Waals surface area contributed by atoms with Crippen molar-refractivity contribution in [2.45, 2.75) is 153 Å². The molecule has 27 nitrogen and oxygen atoms in total. The third-order valence-electron chi connectivity index (χ3n) is 11.2. The number of aliphatic hydroxyl groups is 2. The van der Waals surface area contributed by atoms with Gasteiger partial charge in [-0.25, -0.2) is 9.78 Å². The molecule has 0 aliphatic carbocycles. The molecule has 0 bridgehead atoms. The highest BCUT2D eigenvalue weighted by atomic mass is 16.4. The van der Waals surface area contributed by atoms with Gasteiger partial charge in [0.1, 0.15) is 48.3 Å². The number of H-pyrrole nitrogens is 1. The monoisotopic (exact) mass is 981 g/mol. The van der Waals surface area contributed by atoms with Gasteiger partial charge in [-0.15, -0.1) is 0 Å². The maximum absolute atomic E-state index is 14.0. The molecular formula is C42H67N11O16. The molecule has 69 heavy (non-hydrogen) atoms. The number of nitrogens with one attached hydrogen (secondary N) is 10. The minimum Gasteiger partial charge on any atom is -0.481 e. The van der Waals surface area contributed by atoms with Crippen LogP contribution in [0.2, 0.25) is 0 Å². The average Bonchev–Trinajstić information content (AvgIpc) is 4.02. The van der Waals surface area contributed by atoms with Crippen LogP contribution in [0, 0.1) is 11.8 Å². The van der Waals surface area contributed by atoms with Crippen molar-refractivity contribution in [2.75, 3.05) is 13.2 Å². The fourth-order valence-electron chi connectivity index (χ4n) is 6.86. The lowest BCUT2D eigenvalue weighted by Gasteiger charge is -2.28. The Kier molecular flexibility index (Phi) is 24.2. The fourth-order valence-corrected chi connectivity index (χ4v) is 6.86. The van der Waals surface area contributed by atoms with Gasteiger partial charge < -0.3 is 78.4 Å². The van der Waals surface area contributed by atoms with Crippen molar-refractivity contribution in [1.82, 2.24) is 57.8 Å². The number of carbonyl (C=O) groups excluding carboxylic acids is 8. The van der Waals surface area contributed by atoms with E-state index in [1.807, 2.05) is 0 Å². The van der Waals surface area contributed by atoms with Crippen LogP contribution in [0.4, 0.5) is 0 Å². The summed E-state index contributed by atoms with van der Waals surface area (Å²) >= 11 is 0. The maximum Gasteiger partial charge on any atom is 0.326 e. The van der Waals surface area contributed by atoms with Crippen LogP contribution in [-0.4, -0.2) is 174 Å². The normalized spacial score (nSPS) is 17.7. The van der Waals surface area contributed by atoms with Crippen LogP contribution in [0.1, 0.15) is 92.2 Å². The fraction of sp³-hybridized carbons (Fsp3) is 0.667. The molecule has 1 aromatic heterocycles. The van der Waals surface area contributed by atoms with Crippen molar-refractivity contribution in [2.24, 2.45) is 11.8 Å². The Balaban J connectivity index is 2.29. The van der Waals surface area contributed by atoms with Gasteiger partial charge in [0, 0.05) is 31.2 Å². The smallest absolute Gasteiger partial charge is 0.326 e. The van der Waals surface area contributed by atoms with Gasteiger partial charge in [0.05, 0.1) is 25.1 Å². The first kappa shape index (κ1) is 58.4. The number of hydrogen-bond donors (Lipinski definition) is 15. The Morgan fingerprint density at radius 2 is 1.16 bits per heavy atom. The first-order valence-electron chi connectivity index (χ1n) is 22.5. The highest BCUT2D eigenvalue weighted by Gasteiger charge is 2.37. The molecule has 386 valence electrons. The Labute approximate surface area is 397 Å². The van der Waals surface area contributed by atoms with Gasteiger partial charge in [0.2, 0.25) is 47.3 Å². The number of aliphatic carboxylic acids is 3. The van der Waals surface area contributed by atoms with E-state index in [1.54, 1.807) is 13.8 Å². The maximum atomic E-state index is 14.0. The summed E-state index contributed by atoms with van der Waals surface area (Å²) in [6.45, 7) is 8.31. The number of aromatic nitrogens is 2. The summed E-state index contributed by atoms with van der Waals surface area (Å²) in [7, 11) is 0. The Hall–Kier alpha value is -6.74. The van der Waals surface area contributed by atoms with Crippen molar-refractivity contribution >= 4 is 65.2 Å². The lowest BCUT2D eigenvalue weighted by molar-refractivity contribution is -0.144. The first-order valence-corrected chi connectivity index (χ1v) is 22.5. The molecule has 1 aliphatic rings. The number of aliphatic hydroxyl groups excluding tert-OH is 2. The summed E-state index contributed by atoms with van der Waals surface area (Å²) in [5.74, 6) is -13.0. The quantitative estimate of drug-likeness (QED) is 0.0345. The molecule has 0 radical (unpaired) electrons. The molecule has 1 aromatic rings. The van der Waals surface area contributed by atoms with Crippen molar-refractivity contribution in [3.63, 3.8) is 0 Å². The van der Waals surface area contributed by atoms with Crippen molar-refractivity contribution in [3.8, 4) is 0 Å². The summed E-state index contributed by atoms with van der Waals surface area (Å²) in [6.07, 6.45) is 0.0959. The van der Waals surface area contributed by atoms with E-state index >= 15 is 0 Å². The van der Waals surface area contributed by atoms with Crippen LogP contribution in [0.15, 0.2) is 12.5 Å². The Morgan fingerprint density at radius 1 is 0.652 bits per heavy atom. The molecule has 15 N–H and O–H groups in total. The molecule has 0 saturated carbocycles. The standard InChI is InChI=1S/C42H67N11O16/c1-7-20(4)32(42(68)69)52-37(63)26(11-13-30(58)59)47-34(60)21(5)46-40(66)31(19(2)3)51-38(64)27(15-23-16-43-18-45-23)49-36(62)25(10-12-29(56)57)48-39(65)28(17-54)50-41(67)33(22(6)55)53-35(61)24-9-8-14-44-24/h16,18-22,24-28,31-33,44,54-55H,7-15,17H2,1-6H3,(H,43,45)(H,46,66)(H,47,60)(H,48,65)(H,49,62)(H,50,67)(H,51,64)(H,52,63)(H,53,61)(H,56,57)(H,58,59)(H,68,69)/t20-,21-,22+,24-,25-,26-,27-,28-,31-,32-,33-/m0/s1. The number of hydrogen-bond acceptors (Lipinski definition) is 15. The molecule has 1 aliphatic heterocycles.